The molecule has 0 amide bonds. The van der Waals surface area contributed by atoms with E-state index in [1.54, 1.807) is 0 Å². The highest BCUT2D eigenvalue weighted by atomic mass is 79.9. The van der Waals surface area contributed by atoms with Gasteiger partial charge < -0.3 is 5.73 Å². The lowest BCUT2D eigenvalue weighted by molar-refractivity contribution is 0.219. The highest BCUT2D eigenvalue weighted by Gasteiger charge is 2.23. The highest BCUT2D eigenvalue weighted by molar-refractivity contribution is 9.10. The molecule has 1 aromatic rings. The van der Waals surface area contributed by atoms with Gasteiger partial charge in [-0.3, -0.25) is 4.90 Å². The van der Waals surface area contributed by atoms with E-state index in [4.69, 9.17) is 5.73 Å². The second-order valence-electron chi connectivity index (χ2n) is 4.11. The van der Waals surface area contributed by atoms with Crippen molar-refractivity contribution < 1.29 is 0 Å². The van der Waals surface area contributed by atoms with Crippen LogP contribution in [0.5, 0.6) is 0 Å². The maximum absolute atomic E-state index is 6.23. The van der Waals surface area contributed by atoms with E-state index in [9.17, 15) is 0 Å². The van der Waals surface area contributed by atoms with Gasteiger partial charge >= 0.3 is 0 Å². The van der Waals surface area contributed by atoms with Crippen molar-refractivity contribution in [2.75, 3.05) is 13.6 Å². The lowest BCUT2D eigenvalue weighted by atomic mass is 9.97. The van der Waals surface area contributed by atoms with Gasteiger partial charge in [-0.15, -0.1) is 0 Å². The predicted molar refractivity (Wildman–Crippen MR) is 73.5 cm³/mol. The Morgan fingerprint density at radius 2 is 1.94 bits per heavy atom. The Hall–Kier alpha value is -0.380. The number of nitrogens with zero attached hydrogens (tertiary/aromatic N) is 1. The molecule has 2 unspecified atom stereocenters. The van der Waals surface area contributed by atoms with Crippen LogP contribution in [-0.2, 0) is 0 Å². The fourth-order valence-electron chi connectivity index (χ4n) is 1.93. The van der Waals surface area contributed by atoms with Crippen molar-refractivity contribution in [3.63, 3.8) is 0 Å². The Morgan fingerprint density at radius 3 is 2.44 bits per heavy atom. The number of halogens is 1. The first kappa shape index (κ1) is 13.7. The van der Waals surface area contributed by atoms with Gasteiger partial charge in [0.25, 0.3) is 0 Å². The smallest absolute Gasteiger partial charge is 0.0507 e. The van der Waals surface area contributed by atoms with Gasteiger partial charge in [-0.05, 0) is 31.6 Å². The first-order chi connectivity index (χ1) is 7.61. The zero-order valence-electron chi connectivity index (χ0n) is 10.3. The van der Waals surface area contributed by atoms with Crippen molar-refractivity contribution >= 4 is 15.9 Å². The molecule has 90 valence electrons. The van der Waals surface area contributed by atoms with E-state index in [1.165, 1.54) is 5.56 Å². The molecule has 1 aromatic carbocycles. The molecule has 2 nitrogen and oxygen atoms in total. The van der Waals surface area contributed by atoms with Gasteiger partial charge in [0, 0.05) is 10.5 Å². The number of benzene rings is 1. The maximum atomic E-state index is 6.23. The molecular formula is C13H21BrN2. The largest absolute Gasteiger partial charge is 0.326 e. The van der Waals surface area contributed by atoms with Crippen LogP contribution in [0.2, 0.25) is 0 Å². The maximum Gasteiger partial charge on any atom is 0.0507 e. The zero-order valence-corrected chi connectivity index (χ0v) is 11.9. The monoisotopic (exact) mass is 284 g/mol. The molecule has 2 atom stereocenters. The molecule has 0 radical (unpaired) electrons. The van der Waals surface area contributed by atoms with Gasteiger partial charge in [-0.25, -0.2) is 0 Å². The van der Waals surface area contributed by atoms with Crippen LogP contribution in [0.25, 0.3) is 0 Å². The summed E-state index contributed by atoms with van der Waals surface area (Å²) in [5.74, 6) is 0. The highest BCUT2D eigenvalue weighted by Crippen LogP contribution is 2.29. The third-order valence-corrected chi connectivity index (χ3v) is 3.80. The van der Waals surface area contributed by atoms with E-state index in [-0.39, 0.29) is 12.1 Å². The van der Waals surface area contributed by atoms with E-state index >= 15 is 0 Å². The molecule has 0 aromatic heterocycles. The van der Waals surface area contributed by atoms with Gasteiger partial charge in [0.05, 0.1) is 6.04 Å². The Labute approximate surface area is 107 Å². The molecule has 0 spiro atoms. The molecule has 1 rings (SSSR count). The Balaban J connectivity index is 3.06. The Morgan fingerprint density at radius 1 is 1.31 bits per heavy atom. The van der Waals surface area contributed by atoms with Crippen LogP contribution in [0, 0.1) is 0 Å². The normalized spacial score (nSPS) is 15.1. The Bertz CT molecular complexity index is 317. The average Bonchev–Trinajstić information content (AvgIpc) is 2.31. The molecular weight excluding hydrogens is 264 g/mol. The zero-order chi connectivity index (χ0) is 12.1. The minimum atomic E-state index is 0.170. The van der Waals surface area contributed by atoms with Crippen LogP contribution in [0.1, 0.15) is 31.9 Å². The molecule has 0 aliphatic rings. The summed E-state index contributed by atoms with van der Waals surface area (Å²) < 4.78 is 1.14. The summed E-state index contributed by atoms with van der Waals surface area (Å²) in [6.07, 6.45) is 0.982. The van der Waals surface area contributed by atoms with Crippen molar-refractivity contribution in [1.29, 1.82) is 0 Å². The Kier molecular flexibility index (Phi) is 5.46. The summed E-state index contributed by atoms with van der Waals surface area (Å²) in [7, 11) is 2.12. The van der Waals surface area contributed by atoms with Gasteiger partial charge in [0.15, 0.2) is 0 Å². The second-order valence-corrected chi connectivity index (χ2v) is 4.97. The minimum absolute atomic E-state index is 0.170. The molecule has 2 N–H and O–H groups in total. The summed E-state index contributed by atoms with van der Waals surface area (Å²) in [5, 5.41) is 0. The summed E-state index contributed by atoms with van der Waals surface area (Å²) in [5.41, 5.74) is 7.51. The number of nitrogens with two attached hydrogens (primary N) is 1. The molecule has 3 heteroatoms. The van der Waals surface area contributed by atoms with Crippen molar-refractivity contribution in [3.8, 4) is 0 Å². The first-order valence-corrected chi connectivity index (χ1v) is 6.61. The molecule has 0 aliphatic heterocycles. The van der Waals surface area contributed by atoms with Crippen LogP contribution in [0.3, 0.4) is 0 Å². The van der Waals surface area contributed by atoms with Crippen LogP contribution >= 0.6 is 15.9 Å². The van der Waals surface area contributed by atoms with Gasteiger partial charge in [0.2, 0.25) is 0 Å². The van der Waals surface area contributed by atoms with Crippen LogP contribution < -0.4 is 5.73 Å². The summed E-state index contributed by atoms with van der Waals surface area (Å²) in [6, 6.07) is 8.78. The SMILES string of the molecule is CCC(N)C(c1ccccc1Br)N(C)CC. The number of hydrogen-bond acceptors (Lipinski definition) is 2. The van der Waals surface area contributed by atoms with Crippen molar-refractivity contribution in [3.05, 3.63) is 34.3 Å². The summed E-state index contributed by atoms with van der Waals surface area (Å²) in [4.78, 5) is 2.30. The van der Waals surface area contributed by atoms with Crippen molar-refractivity contribution in [2.45, 2.75) is 32.4 Å². The number of rotatable bonds is 5. The van der Waals surface area contributed by atoms with Crippen LogP contribution in [-0.4, -0.2) is 24.5 Å². The average molecular weight is 285 g/mol. The minimum Gasteiger partial charge on any atom is -0.326 e. The molecule has 0 fully saturated rings. The lowest BCUT2D eigenvalue weighted by Gasteiger charge is -2.32. The van der Waals surface area contributed by atoms with E-state index in [2.05, 4.69) is 59.9 Å². The van der Waals surface area contributed by atoms with Gasteiger partial charge in [-0.1, -0.05) is 48.0 Å². The van der Waals surface area contributed by atoms with Crippen molar-refractivity contribution in [1.82, 2.24) is 4.90 Å². The molecule has 16 heavy (non-hydrogen) atoms. The van der Waals surface area contributed by atoms with Crippen LogP contribution in [0.15, 0.2) is 28.7 Å². The van der Waals surface area contributed by atoms with E-state index in [0.29, 0.717) is 0 Å². The summed E-state index contributed by atoms with van der Waals surface area (Å²) >= 11 is 3.61. The molecule has 0 saturated heterocycles. The van der Waals surface area contributed by atoms with E-state index < -0.39 is 0 Å². The third-order valence-electron chi connectivity index (χ3n) is 3.07. The quantitative estimate of drug-likeness (QED) is 0.900. The topological polar surface area (TPSA) is 29.3 Å². The number of hydrogen-bond donors (Lipinski definition) is 1. The van der Waals surface area contributed by atoms with Gasteiger partial charge in [-0.2, -0.15) is 0 Å². The predicted octanol–water partition coefficient (Wildman–Crippen LogP) is 3.18. The standard InChI is InChI=1S/C13H21BrN2/c1-4-12(15)13(16(3)5-2)10-8-6-7-9-11(10)14/h6-9,12-13H,4-5,15H2,1-3H3. The van der Waals surface area contributed by atoms with E-state index in [0.717, 1.165) is 17.4 Å². The van der Waals surface area contributed by atoms with Gasteiger partial charge in [0.1, 0.15) is 0 Å². The number of likely N-dealkylation sites (N-methyl/N-ethyl adjacent to an activating group) is 1. The van der Waals surface area contributed by atoms with Crippen LogP contribution in [0.4, 0.5) is 0 Å². The molecule has 0 bridgehead atoms. The summed E-state index contributed by atoms with van der Waals surface area (Å²) in [6.45, 7) is 5.30. The molecule has 0 saturated carbocycles. The fraction of sp³-hybridized carbons (Fsp3) is 0.538. The third kappa shape index (κ3) is 3.06. The van der Waals surface area contributed by atoms with Crippen molar-refractivity contribution in [2.24, 2.45) is 5.73 Å². The molecule has 0 aliphatic carbocycles. The van der Waals surface area contributed by atoms with E-state index in [1.807, 2.05) is 6.07 Å². The molecule has 0 heterocycles. The fourth-order valence-corrected chi connectivity index (χ4v) is 2.45. The first-order valence-electron chi connectivity index (χ1n) is 5.82. The lowest BCUT2D eigenvalue weighted by Crippen LogP contribution is -2.38. The second kappa shape index (κ2) is 6.38.